The van der Waals surface area contributed by atoms with E-state index in [4.69, 9.17) is 5.26 Å². The van der Waals surface area contributed by atoms with Crippen molar-refractivity contribution in [2.45, 2.75) is 37.9 Å². The summed E-state index contributed by atoms with van der Waals surface area (Å²) < 4.78 is 40.4. The monoisotopic (exact) mass is 471 g/mol. The van der Waals surface area contributed by atoms with Gasteiger partial charge in [-0.2, -0.15) is 23.5 Å². The lowest BCUT2D eigenvalue weighted by Crippen LogP contribution is -2.17. The number of nitro benzene ring substituents is 1. The summed E-state index contributed by atoms with van der Waals surface area (Å²) in [6.45, 7) is -0.0821. The van der Waals surface area contributed by atoms with E-state index in [1.54, 1.807) is 6.07 Å². The molecule has 1 aliphatic carbocycles. The minimum absolute atomic E-state index is 0.0316. The molecule has 8 nitrogen and oxygen atoms in total. The standard InChI is InChI=1S/C17H13BrF3N5O3/c18-14-15(9-1-2-9)25(24-16(14)17(19,20)21)6-5-13(27)23-12-4-3-11(26(28)29)7-10(12)8-22/h3-4,7,9H,1-2,5-6H2,(H,23,27). The molecule has 0 bridgehead atoms. The molecule has 3 rings (SSSR count). The van der Waals surface area contributed by atoms with Gasteiger partial charge in [-0.25, -0.2) is 0 Å². The van der Waals surface area contributed by atoms with Gasteiger partial charge < -0.3 is 5.32 Å². The second-order valence-corrected chi connectivity index (χ2v) is 7.23. The fourth-order valence-corrected chi connectivity index (χ4v) is 3.65. The minimum Gasteiger partial charge on any atom is -0.325 e. The number of hydrogen-bond acceptors (Lipinski definition) is 5. The number of nitrogens with zero attached hydrogens (tertiary/aromatic N) is 4. The van der Waals surface area contributed by atoms with Crippen molar-refractivity contribution in [3.63, 3.8) is 0 Å². The van der Waals surface area contributed by atoms with Gasteiger partial charge in [0.05, 0.1) is 32.9 Å². The van der Waals surface area contributed by atoms with E-state index in [9.17, 15) is 28.1 Å². The first-order valence-corrected chi connectivity index (χ1v) is 9.23. The number of benzene rings is 1. The first kappa shape index (κ1) is 20.8. The lowest BCUT2D eigenvalue weighted by Gasteiger charge is -2.09. The number of rotatable bonds is 6. The van der Waals surface area contributed by atoms with Crippen LogP contribution in [0.1, 0.15) is 42.1 Å². The van der Waals surface area contributed by atoms with Gasteiger partial charge in [0.1, 0.15) is 6.07 Å². The van der Waals surface area contributed by atoms with Crippen LogP contribution in [0.4, 0.5) is 24.5 Å². The fraction of sp³-hybridized carbons (Fsp3) is 0.353. The highest BCUT2D eigenvalue weighted by Crippen LogP contribution is 2.47. The molecule has 0 spiro atoms. The van der Waals surface area contributed by atoms with Crippen molar-refractivity contribution in [3.05, 3.63) is 49.7 Å². The molecule has 0 saturated heterocycles. The van der Waals surface area contributed by atoms with E-state index >= 15 is 0 Å². The summed E-state index contributed by atoms with van der Waals surface area (Å²) in [6.07, 6.45) is -3.30. The Morgan fingerprint density at radius 1 is 1.45 bits per heavy atom. The third kappa shape index (κ3) is 4.56. The molecule has 12 heteroatoms. The van der Waals surface area contributed by atoms with Gasteiger partial charge in [-0.05, 0) is 34.8 Å². The van der Waals surface area contributed by atoms with Gasteiger partial charge in [-0.3, -0.25) is 19.6 Å². The molecule has 0 radical (unpaired) electrons. The normalized spacial score (nSPS) is 13.8. The molecule has 1 N–H and O–H groups in total. The largest absolute Gasteiger partial charge is 0.436 e. The van der Waals surface area contributed by atoms with Gasteiger partial charge in [0.25, 0.3) is 5.69 Å². The number of nitro groups is 1. The van der Waals surface area contributed by atoms with Crippen LogP contribution in [-0.2, 0) is 17.5 Å². The molecular formula is C17H13BrF3N5O3. The maximum atomic E-state index is 13.1. The second-order valence-electron chi connectivity index (χ2n) is 6.44. The summed E-state index contributed by atoms with van der Waals surface area (Å²) in [7, 11) is 0. The zero-order chi connectivity index (χ0) is 21.3. The highest BCUT2D eigenvalue weighted by atomic mass is 79.9. The Kier molecular flexibility index (Phi) is 5.61. The van der Waals surface area contributed by atoms with Crippen LogP contribution in [0.3, 0.4) is 0 Å². The molecule has 0 unspecified atom stereocenters. The molecule has 1 fully saturated rings. The number of anilines is 1. The Labute approximate surface area is 170 Å². The molecule has 0 aliphatic heterocycles. The molecule has 1 heterocycles. The van der Waals surface area contributed by atoms with Crippen molar-refractivity contribution in [3.8, 4) is 6.07 Å². The zero-order valence-corrected chi connectivity index (χ0v) is 16.2. The number of halogens is 4. The van der Waals surface area contributed by atoms with Gasteiger partial charge >= 0.3 is 6.18 Å². The van der Waals surface area contributed by atoms with E-state index in [1.165, 1.54) is 10.7 Å². The Morgan fingerprint density at radius 3 is 2.69 bits per heavy atom. The van der Waals surface area contributed by atoms with Crippen molar-refractivity contribution in [2.75, 3.05) is 5.32 Å². The molecule has 1 amide bonds. The minimum atomic E-state index is -4.61. The topological polar surface area (TPSA) is 114 Å². The summed E-state index contributed by atoms with van der Waals surface area (Å²) in [4.78, 5) is 22.3. The summed E-state index contributed by atoms with van der Waals surface area (Å²) in [5, 5.41) is 26.0. The fourth-order valence-electron chi connectivity index (χ4n) is 2.82. The van der Waals surface area contributed by atoms with Crippen LogP contribution in [0.2, 0.25) is 0 Å². The van der Waals surface area contributed by atoms with Crippen LogP contribution in [0.15, 0.2) is 22.7 Å². The number of amides is 1. The van der Waals surface area contributed by atoms with E-state index in [2.05, 4.69) is 26.3 Å². The van der Waals surface area contributed by atoms with Gasteiger partial charge in [-0.15, -0.1) is 0 Å². The van der Waals surface area contributed by atoms with E-state index in [0.29, 0.717) is 5.69 Å². The summed E-state index contributed by atoms with van der Waals surface area (Å²) >= 11 is 2.98. The Hall–Kier alpha value is -2.94. The van der Waals surface area contributed by atoms with E-state index in [0.717, 1.165) is 25.0 Å². The number of nitrogens with one attached hydrogen (secondary N) is 1. The molecule has 29 heavy (non-hydrogen) atoms. The first-order valence-electron chi connectivity index (χ1n) is 8.43. The summed E-state index contributed by atoms with van der Waals surface area (Å²) in [6, 6.07) is 5.16. The van der Waals surface area contributed by atoms with Gasteiger partial charge in [0, 0.05) is 24.5 Å². The second kappa shape index (κ2) is 7.82. The summed E-state index contributed by atoms with van der Waals surface area (Å²) in [5.41, 5.74) is -0.912. The third-order valence-electron chi connectivity index (χ3n) is 4.32. The van der Waals surface area contributed by atoms with Crippen LogP contribution in [0.5, 0.6) is 0 Å². The predicted octanol–water partition coefficient (Wildman–Crippen LogP) is 4.35. The van der Waals surface area contributed by atoms with Crippen LogP contribution in [-0.4, -0.2) is 20.6 Å². The maximum absolute atomic E-state index is 13.1. The number of carbonyl (C=O) groups excluding carboxylic acids is 1. The molecule has 1 aromatic heterocycles. The van der Waals surface area contributed by atoms with Crippen molar-refractivity contribution >= 4 is 33.2 Å². The smallest absolute Gasteiger partial charge is 0.325 e. The van der Waals surface area contributed by atoms with E-state index < -0.39 is 22.7 Å². The van der Waals surface area contributed by atoms with Gasteiger partial charge in [-0.1, -0.05) is 0 Å². The number of aromatic nitrogens is 2. The van der Waals surface area contributed by atoms with E-state index in [1.807, 2.05) is 0 Å². The molecule has 0 atom stereocenters. The molecule has 2 aromatic rings. The SMILES string of the molecule is N#Cc1cc([N+](=O)[O-])ccc1NC(=O)CCn1nc(C(F)(F)F)c(Br)c1C1CC1. The van der Waals surface area contributed by atoms with Crippen molar-refractivity contribution in [1.29, 1.82) is 5.26 Å². The highest BCUT2D eigenvalue weighted by Gasteiger charge is 2.41. The Balaban J connectivity index is 1.74. The molecule has 1 aliphatic rings. The molecule has 152 valence electrons. The average Bonchev–Trinajstić information content (AvgIpc) is 3.42. The number of alkyl halides is 3. The van der Waals surface area contributed by atoms with Crippen LogP contribution >= 0.6 is 15.9 Å². The van der Waals surface area contributed by atoms with Crippen molar-refractivity contribution in [1.82, 2.24) is 9.78 Å². The number of non-ortho nitro benzene ring substituents is 1. The third-order valence-corrected chi connectivity index (χ3v) is 5.11. The quantitative estimate of drug-likeness (QED) is 0.496. The number of nitriles is 1. The van der Waals surface area contributed by atoms with Crippen molar-refractivity contribution < 1.29 is 22.9 Å². The van der Waals surface area contributed by atoms with E-state index in [-0.39, 0.29) is 40.3 Å². The first-order chi connectivity index (χ1) is 13.6. The Bertz CT molecular complexity index is 1020. The highest BCUT2D eigenvalue weighted by molar-refractivity contribution is 9.10. The van der Waals surface area contributed by atoms with Gasteiger partial charge in [0.2, 0.25) is 5.91 Å². The summed E-state index contributed by atoms with van der Waals surface area (Å²) in [5.74, 6) is -0.590. The lowest BCUT2D eigenvalue weighted by molar-refractivity contribution is -0.384. The lowest BCUT2D eigenvalue weighted by atomic mass is 10.1. The average molecular weight is 472 g/mol. The van der Waals surface area contributed by atoms with Crippen molar-refractivity contribution in [2.24, 2.45) is 0 Å². The molecule has 1 aromatic carbocycles. The number of aryl methyl sites for hydroxylation is 1. The van der Waals surface area contributed by atoms with Crippen LogP contribution < -0.4 is 5.32 Å². The van der Waals surface area contributed by atoms with Gasteiger partial charge in [0.15, 0.2) is 5.69 Å². The van der Waals surface area contributed by atoms with Crippen LogP contribution in [0.25, 0.3) is 0 Å². The number of carbonyl (C=O) groups is 1. The maximum Gasteiger partial charge on any atom is 0.436 e. The number of hydrogen-bond donors (Lipinski definition) is 1. The molecular weight excluding hydrogens is 459 g/mol. The van der Waals surface area contributed by atoms with Crippen LogP contribution in [0, 0.1) is 21.4 Å². The predicted molar refractivity (Wildman–Crippen MR) is 98.0 cm³/mol. The molecule has 1 saturated carbocycles. The Morgan fingerprint density at radius 2 is 2.14 bits per heavy atom. The zero-order valence-electron chi connectivity index (χ0n) is 14.7.